The maximum atomic E-state index is 14.2. The standard InChI is InChI=1S/C36H29BrN2O7S/c1-4-45-35(43)30-20(2)38-36-39(32(30)31-25-8-6-5-7-23(25)14-16-28(31)44-3)33(40)29(47-36)18-22-11-15-27(26(37)17-22)46-19-21-9-12-24(13-10-21)34(41)42/h5-18,32H,4,19H2,1-3H3,(H,41,42)/b29-18+/t32-/m1/s1. The lowest BCUT2D eigenvalue weighted by Gasteiger charge is -2.27. The van der Waals surface area contributed by atoms with Gasteiger partial charge in [-0.15, -0.1) is 0 Å². The van der Waals surface area contributed by atoms with E-state index in [0.29, 0.717) is 36.6 Å². The van der Waals surface area contributed by atoms with Gasteiger partial charge < -0.3 is 19.3 Å². The average molecular weight is 714 g/mol. The Bertz CT molecular complexity index is 2250. The summed E-state index contributed by atoms with van der Waals surface area (Å²) in [4.78, 5) is 44.0. The zero-order valence-corrected chi connectivity index (χ0v) is 28.1. The van der Waals surface area contributed by atoms with Gasteiger partial charge in [-0.1, -0.05) is 59.9 Å². The number of hydrogen-bond donors (Lipinski definition) is 1. The molecular weight excluding hydrogens is 684 g/mol. The molecule has 0 fully saturated rings. The van der Waals surface area contributed by atoms with Crippen molar-refractivity contribution < 1.29 is 28.9 Å². The molecule has 1 atom stereocenters. The summed E-state index contributed by atoms with van der Waals surface area (Å²) in [6, 6.07) is 22.7. The maximum Gasteiger partial charge on any atom is 0.338 e. The van der Waals surface area contributed by atoms with E-state index in [4.69, 9.17) is 24.3 Å². The predicted molar refractivity (Wildman–Crippen MR) is 183 cm³/mol. The molecule has 0 aliphatic carbocycles. The minimum Gasteiger partial charge on any atom is -0.496 e. The molecule has 4 aromatic carbocycles. The molecule has 1 aromatic heterocycles. The number of nitrogens with zero attached hydrogens (tertiary/aromatic N) is 2. The third-order valence-electron chi connectivity index (χ3n) is 7.79. The number of carbonyl (C=O) groups is 2. The van der Waals surface area contributed by atoms with Crippen LogP contribution < -0.4 is 24.4 Å². The smallest absolute Gasteiger partial charge is 0.338 e. The molecule has 0 saturated carbocycles. The molecule has 0 amide bonds. The van der Waals surface area contributed by atoms with Gasteiger partial charge in [0.15, 0.2) is 4.80 Å². The van der Waals surface area contributed by atoms with Crippen LogP contribution in [0.1, 0.15) is 46.9 Å². The fourth-order valence-corrected chi connectivity index (χ4v) is 7.14. The Hall–Kier alpha value is -5.00. The number of thiazole rings is 1. The lowest BCUT2D eigenvalue weighted by atomic mass is 9.90. The number of halogens is 1. The Morgan fingerprint density at radius 3 is 2.49 bits per heavy atom. The second-order valence-corrected chi connectivity index (χ2v) is 12.5. The topological polar surface area (TPSA) is 116 Å². The van der Waals surface area contributed by atoms with E-state index in [0.717, 1.165) is 21.9 Å². The summed E-state index contributed by atoms with van der Waals surface area (Å²) in [5.41, 5.74) is 2.91. The van der Waals surface area contributed by atoms with Crippen molar-refractivity contribution in [2.24, 2.45) is 4.99 Å². The van der Waals surface area contributed by atoms with Crippen LogP contribution in [0.3, 0.4) is 0 Å². The number of hydrogen-bond acceptors (Lipinski definition) is 8. The van der Waals surface area contributed by atoms with Gasteiger partial charge in [0.05, 0.1) is 39.6 Å². The highest BCUT2D eigenvalue weighted by Crippen LogP contribution is 2.40. The number of rotatable bonds is 9. The number of aromatic carboxylic acids is 1. The van der Waals surface area contributed by atoms with Crippen molar-refractivity contribution in [3.8, 4) is 11.5 Å². The second-order valence-electron chi connectivity index (χ2n) is 10.7. The fourth-order valence-electron chi connectivity index (χ4n) is 5.58. The second kappa shape index (κ2) is 13.4. The molecule has 1 aliphatic heterocycles. The summed E-state index contributed by atoms with van der Waals surface area (Å²) in [7, 11) is 1.57. The number of carboxylic acids is 1. The molecule has 2 heterocycles. The van der Waals surface area contributed by atoms with E-state index in [9.17, 15) is 14.4 Å². The summed E-state index contributed by atoms with van der Waals surface area (Å²) in [6.45, 7) is 3.91. The molecule has 6 rings (SSSR count). The fraction of sp³-hybridized carbons (Fsp3) is 0.167. The average Bonchev–Trinajstić information content (AvgIpc) is 3.37. The van der Waals surface area contributed by atoms with Gasteiger partial charge in [0.1, 0.15) is 24.1 Å². The Morgan fingerprint density at radius 1 is 1.04 bits per heavy atom. The SMILES string of the molecule is CCOC(=O)C1=C(C)N=c2s/c(=C/c3ccc(OCc4ccc(C(=O)O)cc4)c(Br)c3)c(=O)n2[C@H]1c1c(OC)ccc2ccccc12. The van der Waals surface area contributed by atoms with Crippen LogP contribution in [0.25, 0.3) is 16.8 Å². The van der Waals surface area contributed by atoms with Gasteiger partial charge in [-0.2, -0.15) is 0 Å². The Kier molecular flexibility index (Phi) is 9.10. The monoisotopic (exact) mass is 712 g/mol. The van der Waals surface area contributed by atoms with Gasteiger partial charge in [0, 0.05) is 5.56 Å². The van der Waals surface area contributed by atoms with Crippen LogP contribution >= 0.6 is 27.3 Å². The number of aromatic nitrogens is 1. The van der Waals surface area contributed by atoms with Crippen LogP contribution in [-0.2, 0) is 16.1 Å². The molecule has 9 nitrogen and oxygen atoms in total. The minimum atomic E-state index is -0.985. The van der Waals surface area contributed by atoms with Crippen LogP contribution in [0, 0.1) is 0 Å². The summed E-state index contributed by atoms with van der Waals surface area (Å²) >= 11 is 4.81. The molecular formula is C36H29BrN2O7S. The number of allylic oxidation sites excluding steroid dienone is 1. The number of ether oxygens (including phenoxy) is 3. The lowest BCUT2D eigenvalue weighted by molar-refractivity contribution is -0.139. The molecule has 0 spiro atoms. The third-order valence-corrected chi connectivity index (χ3v) is 9.39. The van der Waals surface area contributed by atoms with Crippen molar-refractivity contribution in [1.29, 1.82) is 0 Å². The zero-order chi connectivity index (χ0) is 33.2. The predicted octanol–water partition coefficient (Wildman–Crippen LogP) is 6.00. The maximum absolute atomic E-state index is 14.2. The molecule has 0 radical (unpaired) electrons. The first-order valence-electron chi connectivity index (χ1n) is 14.7. The van der Waals surface area contributed by atoms with Gasteiger partial charge >= 0.3 is 11.9 Å². The summed E-state index contributed by atoms with van der Waals surface area (Å²) in [5.74, 6) is -0.400. The minimum absolute atomic E-state index is 0.172. The highest BCUT2D eigenvalue weighted by atomic mass is 79.9. The molecule has 1 N–H and O–H groups in total. The van der Waals surface area contributed by atoms with Crippen LogP contribution in [0.2, 0.25) is 0 Å². The highest BCUT2D eigenvalue weighted by molar-refractivity contribution is 9.10. The van der Waals surface area contributed by atoms with E-state index in [-0.39, 0.29) is 29.9 Å². The lowest BCUT2D eigenvalue weighted by Crippen LogP contribution is -2.40. The first-order valence-corrected chi connectivity index (χ1v) is 16.3. The molecule has 0 unspecified atom stereocenters. The first kappa shape index (κ1) is 32.0. The number of carbonyl (C=O) groups excluding carboxylic acids is 1. The molecule has 5 aromatic rings. The molecule has 0 bridgehead atoms. The van der Waals surface area contributed by atoms with Crippen molar-refractivity contribution >= 4 is 56.1 Å². The molecule has 1 aliphatic rings. The molecule has 47 heavy (non-hydrogen) atoms. The van der Waals surface area contributed by atoms with E-state index in [1.165, 1.54) is 23.5 Å². The number of carboxylic acid groups (broad SMARTS) is 1. The largest absolute Gasteiger partial charge is 0.496 e. The van der Waals surface area contributed by atoms with E-state index >= 15 is 0 Å². The van der Waals surface area contributed by atoms with Crippen LogP contribution in [-0.4, -0.2) is 35.3 Å². The van der Waals surface area contributed by atoms with Gasteiger partial charge in [0.25, 0.3) is 5.56 Å². The molecule has 238 valence electrons. The van der Waals surface area contributed by atoms with Crippen molar-refractivity contribution in [2.45, 2.75) is 26.5 Å². The summed E-state index contributed by atoms with van der Waals surface area (Å²) in [5, 5.41) is 10.9. The van der Waals surface area contributed by atoms with E-state index < -0.39 is 18.0 Å². The summed E-state index contributed by atoms with van der Waals surface area (Å²) < 4.78 is 19.9. The van der Waals surface area contributed by atoms with Crippen molar-refractivity contribution in [1.82, 2.24) is 4.57 Å². The van der Waals surface area contributed by atoms with Crippen molar-refractivity contribution in [3.63, 3.8) is 0 Å². The first-order chi connectivity index (χ1) is 22.7. The highest BCUT2D eigenvalue weighted by Gasteiger charge is 2.36. The molecule has 11 heteroatoms. The number of esters is 1. The summed E-state index contributed by atoms with van der Waals surface area (Å²) in [6.07, 6.45) is 1.78. The van der Waals surface area contributed by atoms with E-state index in [1.54, 1.807) is 49.8 Å². The van der Waals surface area contributed by atoms with Crippen LogP contribution in [0.5, 0.6) is 11.5 Å². The third kappa shape index (κ3) is 6.24. The van der Waals surface area contributed by atoms with Crippen LogP contribution in [0.4, 0.5) is 0 Å². The van der Waals surface area contributed by atoms with Crippen molar-refractivity contribution in [2.75, 3.05) is 13.7 Å². The van der Waals surface area contributed by atoms with Crippen molar-refractivity contribution in [3.05, 3.63) is 137 Å². The molecule has 0 saturated heterocycles. The number of benzene rings is 4. The normalized spacial score (nSPS) is 14.5. The Morgan fingerprint density at radius 2 is 1.79 bits per heavy atom. The quantitative estimate of drug-likeness (QED) is 0.186. The van der Waals surface area contributed by atoms with E-state index in [2.05, 4.69) is 15.9 Å². The Balaban J connectivity index is 1.41. The number of methoxy groups -OCH3 is 1. The van der Waals surface area contributed by atoms with Crippen LogP contribution in [0.15, 0.2) is 104 Å². The van der Waals surface area contributed by atoms with E-state index in [1.807, 2.05) is 48.5 Å². The zero-order valence-electron chi connectivity index (χ0n) is 25.7. The van der Waals surface area contributed by atoms with Gasteiger partial charge in [0.2, 0.25) is 0 Å². The van der Waals surface area contributed by atoms with Gasteiger partial charge in [-0.25, -0.2) is 14.6 Å². The van der Waals surface area contributed by atoms with Gasteiger partial charge in [-0.3, -0.25) is 9.36 Å². The Labute approximate surface area is 281 Å². The number of fused-ring (bicyclic) bond motifs is 2. The van der Waals surface area contributed by atoms with Gasteiger partial charge in [-0.05, 0) is 88.1 Å².